The molecule has 3 aromatic rings. The molecule has 0 amide bonds. The zero-order chi connectivity index (χ0) is 14.1. The summed E-state index contributed by atoms with van der Waals surface area (Å²) >= 11 is 3.36. The molecule has 0 aliphatic heterocycles. The molecule has 0 unspecified atom stereocenters. The first-order valence-electron chi connectivity index (χ1n) is 6.08. The highest BCUT2D eigenvalue weighted by molar-refractivity contribution is 9.10. The number of methoxy groups -OCH3 is 1. The Morgan fingerprint density at radius 3 is 2.65 bits per heavy atom. The van der Waals surface area contributed by atoms with E-state index in [-0.39, 0.29) is 5.82 Å². The van der Waals surface area contributed by atoms with Crippen LogP contribution in [0.5, 0.6) is 5.88 Å². The zero-order valence-electron chi connectivity index (χ0n) is 10.7. The highest BCUT2D eigenvalue weighted by Crippen LogP contribution is 2.34. The zero-order valence-corrected chi connectivity index (χ0v) is 12.3. The molecule has 100 valence electrons. The number of benzene rings is 2. The average molecular weight is 332 g/mol. The minimum atomic E-state index is -0.302. The lowest BCUT2D eigenvalue weighted by Gasteiger charge is -2.10. The molecule has 0 bridgehead atoms. The summed E-state index contributed by atoms with van der Waals surface area (Å²) in [6, 6.07) is 14.4. The van der Waals surface area contributed by atoms with Crippen LogP contribution >= 0.6 is 15.9 Å². The van der Waals surface area contributed by atoms with Gasteiger partial charge in [0, 0.05) is 21.0 Å². The lowest BCUT2D eigenvalue weighted by Crippen LogP contribution is -1.94. The summed E-state index contributed by atoms with van der Waals surface area (Å²) in [5.41, 5.74) is 1.93. The normalized spacial score (nSPS) is 10.8. The van der Waals surface area contributed by atoms with Gasteiger partial charge in [-0.25, -0.2) is 9.37 Å². The second-order valence-electron chi connectivity index (χ2n) is 4.36. The fraction of sp³-hybridized carbons (Fsp3) is 0.0625. The van der Waals surface area contributed by atoms with E-state index in [1.54, 1.807) is 12.1 Å². The molecule has 0 fully saturated rings. The number of fused-ring (bicyclic) bond motifs is 1. The van der Waals surface area contributed by atoms with Crippen LogP contribution in [0.2, 0.25) is 0 Å². The predicted molar refractivity (Wildman–Crippen MR) is 81.4 cm³/mol. The first kappa shape index (κ1) is 13.1. The number of para-hydroxylation sites is 1. The molecule has 0 saturated heterocycles. The Labute approximate surface area is 124 Å². The largest absolute Gasteiger partial charge is 0.481 e. The Morgan fingerprint density at radius 1 is 1.05 bits per heavy atom. The highest BCUT2D eigenvalue weighted by Gasteiger charge is 2.13. The van der Waals surface area contributed by atoms with E-state index in [0.717, 1.165) is 15.4 Å². The van der Waals surface area contributed by atoms with Crippen LogP contribution in [0.25, 0.3) is 22.0 Å². The van der Waals surface area contributed by atoms with Crippen molar-refractivity contribution in [1.29, 1.82) is 0 Å². The standard InChI is InChI=1S/C16H11BrFNO/c1-20-16-13(12-9-11(17)6-7-14(12)18)8-10-4-2-3-5-15(10)19-16/h2-9H,1H3. The van der Waals surface area contributed by atoms with Crippen molar-refractivity contribution in [3.05, 3.63) is 58.8 Å². The van der Waals surface area contributed by atoms with Crippen molar-refractivity contribution in [3.63, 3.8) is 0 Å². The first-order chi connectivity index (χ1) is 9.69. The molecule has 2 aromatic carbocycles. The topological polar surface area (TPSA) is 22.1 Å². The predicted octanol–water partition coefficient (Wildman–Crippen LogP) is 4.81. The Morgan fingerprint density at radius 2 is 1.85 bits per heavy atom. The van der Waals surface area contributed by atoms with Gasteiger partial charge in [0.05, 0.1) is 12.6 Å². The van der Waals surface area contributed by atoms with Crippen LogP contribution in [0.15, 0.2) is 53.0 Å². The molecule has 0 atom stereocenters. The summed E-state index contributed by atoms with van der Waals surface area (Å²) in [6.07, 6.45) is 0. The van der Waals surface area contributed by atoms with Crippen molar-refractivity contribution in [2.24, 2.45) is 0 Å². The summed E-state index contributed by atoms with van der Waals surface area (Å²) in [7, 11) is 1.54. The number of nitrogens with zero attached hydrogens (tertiary/aromatic N) is 1. The monoisotopic (exact) mass is 331 g/mol. The van der Waals surface area contributed by atoms with Crippen LogP contribution in [-0.4, -0.2) is 12.1 Å². The number of aromatic nitrogens is 1. The molecule has 2 nitrogen and oxygen atoms in total. The number of hydrogen-bond acceptors (Lipinski definition) is 2. The highest BCUT2D eigenvalue weighted by atomic mass is 79.9. The number of ether oxygens (including phenoxy) is 1. The Balaban J connectivity index is 2.31. The van der Waals surface area contributed by atoms with Gasteiger partial charge in [0.25, 0.3) is 0 Å². The molecule has 0 spiro atoms. The van der Waals surface area contributed by atoms with Gasteiger partial charge >= 0.3 is 0 Å². The van der Waals surface area contributed by atoms with Crippen molar-refractivity contribution in [3.8, 4) is 17.0 Å². The van der Waals surface area contributed by atoms with Gasteiger partial charge in [-0.3, -0.25) is 0 Å². The molecule has 1 heterocycles. The van der Waals surface area contributed by atoms with E-state index < -0.39 is 0 Å². The van der Waals surface area contributed by atoms with Crippen LogP contribution in [-0.2, 0) is 0 Å². The third-order valence-corrected chi connectivity index (χ3v) is 3.59. The van der Waals surface area contributed by atoms with Gasteiger partial charge in [-0.05, 0) is 30.3 Å². The molecule has 4 heteroatoms. The molecule has 20 heavy (non-hydrogen) atoms. The van der Waals surface area contributed by atoms with Crippen LogP contribution in [0, 0.1) is 5.82 Å². The number of rotatable bonds is 2. The van der Waals surface area contributed by atoms with Gasteiger partial charge in [-0.1, -0.05) is 34.1 Å². The van der Waals surface area contributed by atoms with Crippen LogP contribution in [0.4, 0.5) is 4.39 Å². The fourth-order valence-electron chi connectivity index (χ4n) is 2.15. The molecule has 3 rings (SSSR count). The minimum Gasteiger partial charge on any atom is -0.481 e. The second-order valence-corrected chi connectivity index (χ2v) is 5.28. The number of pyridine rings is 1. The summed E-state index contributed by atoms with van der Waals surface area (Å²) < 4.78 is 20.2. The van der Waals surface area contributed by atoms with E-state index in [1.165, 1.54) is 13.2 Å². The summed E-state index contributed by atoms with van der Waals surface area (Å²) in [6.45, 7) is 0. The second kappa shape index (κ2) is 5.21. The average Bonchev–Trinajstić information content (AvgIpc) is 2.48. The lowest BCUT2D eigenvalue weighted by molar-refractivity contribution is 0.401. The van der Waals surface area contributed by atoms with E-state index in [4.69, 9.17) is 4.74 Å². The van der Waals surface area contributed by atoms with Gasteiger partial charge in [0.15, 0.2) is 0 Å². The quantitative estimate of drug-likeness (QED) is 0.672. The van der Waals surface area contributed by atoms with Gasteiger partial charge in [-0.2, -0.15) is 0 Å². The summed E-state index contributed by atoms with van der Waals surface area (Å²) in [5, 5.41) is 0.947. The van der Waals surface area contributed by atoms with Gasteiger partial charge in [-0.15, -0.1) is 0 Å². The molecular weight excluding hydrogens is 321 g/mol. The first-order valence-corrected chi connectivity index (χ1v) is 6.87. The van der Waals surface area contributed by atoms with Gasteiger partial charge < -0.3 is 4.74 Å². The van der Waals surface area contributed by atoms with Crippen molar-refractivity contribution in [2.45, 2.75) is 0 Å². The van der Waals surface area contributed by atoms with Crippen LogP contribution < -0.4 is 4.74 Å². The van der Waals surface area contributed by atoms with E-state index in [9.17, 15) is 4.39 Å². The Kier molecular flexibility index (Phi) is 3.40. The van der Waals surface area contributed by atoms with Gasteiger partial charge in [0.2, 0.25) is 5.88 Å². The number of hydrogen-bond donors (Lipinski definition) is 0. The maximum absolute atomic E-state index is 14.1. The molecule has 1 aromatic heterocycles. The molecule has 0 aliphatic carbocycles. The van der Waals surface area contributed by atoms with E-state index in [0.29, 0.717) is 17.0 Å². The van der Waals surface area contributed by atoms with E-state index in [1.807, 2.05) is 30.3 Å². The van der Waals surface area contributed by atoms with Crippen molar-refractivity contribution in [2.75, 3.05) is 7.11 Å². The Hall–Kier alpha value is -1.94. The maximum Gasteiger partial charge on any atom is 0.221 e. The van der Waals surface area contributed by atoms with Crippen LogP contribution in [0.3, 0.4) is 0 Å². The Bertz CT molecular complexity index is 789. The van der Waals surface area contributed by atoms with E-state index in [2.05, 4.69) is 20.9 Å². The molecule has 0 saturated carbocycles. The fourth-order valence-corrected chi connectivity index (χ4v) is 2.51. The SMILES string of the molecule is COc1nc2ccccc2cc1-c1cc(Br)ccc1F. The summed E-state index contributed by atoms with van der Waals surface area (Å²) in [4.78, 5) is 4.44. The minimum absolute atomic E-state index is 0.302. The molecule has 0 radical (unpaired) electrons. The summed E-state index contributed by atoms with van der Waals surface area (Å²) in [5.74, 6) is 0.115. The molecule has 0 aliphatic rings. The van der Waals surface area contributed by atoms with E-state index >= 15 is 0 Å². The maximum atomic E-state index is 14.1. The van der Waals surface area contributed by atoms with Crippen molar-refractivity contribution < 1.29 is 9.13 Å². The van der Waals surface area contributed by atoms with Crippen molar-refractivity contribution >= 4 is 26.8 Å². The smallest absolute Gasteiger partial charge is 0.221 e. The van der Waals surface area contributed by atoms with Crippen LogP contribution in [0.1, 0.15) is 0 Å². The third kappa shape index (κ3) is 2.27. The molecule has 0 N–H and O–H groups in total. The lowest BCUT2D eigenvalue weighted by atomic mass is 10.0. The number of halogens is 2. The van der Waals surface area contributed by atoms with Crippen molar-refractivity contribution in [1.82, 2.24) is 4.98 Å². The van der Waals surface area contributed by atoms with Gasteiger partial charge in [0.1, 0.15) is 5.82 Å². The third-order valence-electron chi connectivity index (χ3n) is 3.10. The molecular formula is C16H11BrFNO.